The zero-order valence-electron chi connectivity index (χ0n) is 10.1. The Morgan fingerprint density at radius 1 is 1.47 bits per heavy atom. The highest BCUT2D eigenvalue weighted by atomic mass is 16.5. The van der Waals surface area contributed by atoms with Gasteiger partial charge in [-0.15, -0.1) is 0 Å². The lowest BCUT2D eigenvalue weighted by molar-refractivity contribution is -0.118. The molecule has 1 aliphatic heterocycles. The number of Topliss-reactive ketones (excluding diaryl/α,β-unsaturated/α-hetero) is 1. The Hall–Kier alpha value is -1.22. The second-order valence-corrected chi connectivity index (χ2v) is 4.56. The monoisotopic (exact) mass is 233 g/mol. The van der Waals surface area contributed by atoms with Crippen molar-refractivity contribution in [3.05, 3.63) is 30.1 Å². The third kappa shape index (κ3) is 4.27. The van der Waals surface area contributed by atoms with Crippen molar-refractivity contribution in [3.8, 4) is 0 Å². The van der Waals surface area contributed by atoms with E-state index in [0.29, 0.717) is 18.9 Å². The molecule has 1 aromatic heterocycles. The fourth-order valence-corrected chi connectivity index (χ4v) is 2.19. The van der Waals surface area contributed by atoms with E-state index in [1.807, 2.05) is 18.2 Å². The quantitative estimate of drug-likeness (QED) is 0.758. The molecule has 92 valence electrons. The van der Waals surface area contributed by atoms with Crippen LogP contribution >= 0.6 is 0 Å². The summed E-state index contributed by atoms with van der Waals surface area (Å²) in [4.78, 5) is 15.9. The van der Waals surface area contributed by atoms with Gasteiger partial charge in [0.25, 0.3) is 0 Å². The number of carbonyl (C=O) groups is 1. The molecule has 2 heterocycles. The summed E-state index contributed by atoms with van der Waals surface area (Å²) in [7, 11) is 0. The minimum Gasteiger partial charge on any atom is -0.378 e. The summed E-state index contributed by atoms with van der Waals surface area (Å²) in [6.07, 6.45) is 7.54. The topological polar surface area (TPSA) is 39.2 Å². The summed E-state index contributed by atoms with van der Waals surface area (Å²) in [5.74, 6) is 0.279. The standard InChI is InChI=1S/C14H19NO2/c16-13(11-12-5-1-2-9-15-12)6-3-7-14-8-4-10-17-14/h1-2,5,9,14H,3-4,6-8,10-11H2. The number of hydrogen-bond donors (Lipinski definition) is 0. The molecular formula is C14H19NO2. The Morgan fingerprint density at radius 2 is 2.41 bits per heavy atom. The molecule has 1 unspecified atom stereocenters. The van der Waals surface area contributed by atoms with E-state index in [0.717, 1.165) is 31.6 Å². The van der Waals surface area contributed by atoms with Crippen LogP contribution in [-0.2, 0) is 16.0 Å². The number of rotatable bonds is 6. The molecule has 0 aromatic carbocycles. The fourth-order valence-electron chi connectivity index (χ4n) is 2.19. The number of nitrogens with zero attached hydrogens (tertiary/aromatic N) is 1. The molecule has 3 nitrogen and oxygen atoms in total. The van der Waals surface area contributed by atoms with Gasteiger partial charge in [0, 0.05) is 31.3 Å². The van der Waals surface area contributed by atoms with E-state index < -0.39 is 0 Å². The molecule has 0 radical (unpaired) electrons. The molecule has 17 heavy (non-hydrogen) atoms. The van der Waals surface area contributed by atoms with Crippen LogP contribution in [-0.4, -0.2) is 23.5 Å². The number of hydrogen-bond acceptors (Lipinski definition) is 3. The van der Waals surface area contributed by atoms with Crippen LogP contribution in [0.3, 0.4) is 0 Å². The van der Waals surface area contributed by atoms with Crippen LogP contribution in [0.15, 0.2) is 24.4 Å². The molecular weight excluding hydrogens is 214 g/mol. The van der Waals surface area contributed by atoms with Crippen LogP contribution in [0, 0.1) is 0 Å². The highest BCUT2D eigenvalue weighted by molar-refractivity contribution is 5.80. The number of aromatic nitrogens is 1. The molecule has 2 rings (SSSR count). The zero-order valence-corrected chi connectivity index (χ0v) is 10.1. The largest absolute Gasteiger partial charge is 0.378 e. The van der Waals surface area contributed by atoms with Crippen molar-refractivity contribution in [1.29, 1.82) is 0 Å². The molecule has 0 aliphatic carbocycles. The average molecular weight is 233 g/mol. The summed E-state index contributed by atoms with van der Waals surface area (Å²) in [5.41, 5.74) is 0.870. The molecule has 0 amide bonds. The maximum absolute atomic E-state index is 11.7. The number of carbonyl (C=O) groups excluding carboxylic acids is 1. The van der Waals surface area contributed by atoms with E-state index in [2.05, 4.69) is 4.98 Å². The Morgan fingerprint density at radius 3 is 3.12 bits per heavy atom. The molecule has 3 heteroatoms. The van der Waals surface area contributed by atoms with Crippen molar-refractivity contribution in [2.24, 2.45) is 0 Å². The molecule has 1 fully saturated rings. The van der Waals surface area contributed by atoms with Crippen molar-refractivity contribution in [2.45, 2.75) is 44.6 Å². The van der Waals surface area contributed by atoms with Crippen LogP contribution in [0.1, 0.15) is 37.8 Å². The normalized spacial score (nSPS) is 19.4. The van der Waals surface area contributed by atoms with Gasteiger partial charge < -0.3 is 4.74 Å². The van der Waals surface area contributed by atoms with Gasteiger partial charge in [-0.25, -0.2) is 0 Å². The van der Waals surface area contributed by atoms with E-state index in [1.54, 1.807) is 6.20 Å². The van der Waals surface area contributed by atoms with Gasteiger partial charge in [0.05, 0.1) is 6.10 Å². The van der Waals surface area contributed by atoms with Gasteiger partial charge in [-0.2, -0.15) is 0 Å². The second-order valence-electron chi connectivity index (χ2n) is 4.56. The van der Waals surface area contributed by atoms with Gasteiger partial charge in [-0.3, -0.25) is 9.78 Å². The summed E-state index contributed by atoms with van der Waals surface area (Å²) in [6.45, 7) is 0.895. The molecule has 0 spiro atoms. The van der Waals surface area contributed by atoms with Crippen molar-refractivity contribution in [1.82, 2.24) is 4.98 Å². The van der Waals surface area contributed by atoms with Crippen LogP contribution < -0.4 is 0 Å². The van der Waals surface area contributed by atoms with E-state index in [-0.39, 0.29) is 5.78 Å². The smallest absolute Gasteiger partial charge is 0.138 e. The predicted octanol–water partition coefficient (Wildman–Crippen LogP) is 2.54. The van der Waals surface area contributed by atoms with Crippen molar-refractivity contribution >= 4 is 5.78 Å². The summed E-state index contributed by atoms with van der Waals surface area (Å²) < 4.78 is 5.53. The third-order valence-electron chi connectivity index (χ3n) is 3.11. The maximum Gasteiger partial charge on any atom is 0.138 e. The number of pyridine rings is 1. The Labute approximate surface area is 102 Å². The number of ether oxygens (including phenoxy) is 1. The van der Waals surface area contributed by atoms with Gasteiger partial charge in [-0.1, -0.05) is 6.07 Å². The highest BCUT2D eigenvalue weighted by Gasteiger charge is 2.15. The summed E-state index contributed by atoms with van der Waals surface area (Å²) in [6, 6.07) is 5.69. The van der Waals surface area contributed by atoms with Gasteiger partial charge in [-0.05, 0) is 37.8 Å². The minimum atomic E-state index is 0.279. The maximum atomic E-state index is 11.7. The van der Waals surface area contributed by atoms with Crippen LogP contribution in [0.25, 0.3) is 0 Å². The number of ketones is 1. The lowest BCUT2D eigenvalue weighted by Crippen LogP contribution is -2.08. The Bertz CT molecular complexity index is 344. The van der Waals surface area contributed by atoms with E-state index in [4.69, 9.17) is 4.74 Å². The SMILES string of the molecule is O=C(CCCC1CCCO1)Cc1ccccn1. The Kier molecular flexibility index (Phi) is 4.68. The van der Waals surface area contributed by atoms with Gasteiger partial charge in [0.1, 0.15) is 5.78 Å². The average Bonchev–Trinajstić information content (AvgIpc) is 2.83. The molecule has 0 N–H and O–H groups in total. The van der Waals surface area contributed by atoms with E-state index in [9.17, 15) is 4.79 Å². The van der Waals surface area contributed by atoms with Crippen molar-refractivity contribution in [3.63, 3.8) is 0 Å². The zero-order chi connectivity index (χ0) is 11.9. The lowest BCUT2D eigenvalue weighted by atomic mass is 10.0. The first-order valence-corrected chi connectivity index (χ1v) is 6.38. The molecule has 1 aromatic rings. The van der Waals surface area contributed by atoms with Gasteiger partial charge in [0.15, 0.2) is 0 Å². The first-order valence-electron chi connectivity index (χ1n) is 6.38. The van der Waals surface area contributed by atoms with Crippen LogP contribution in [0.5, 0.6) is 0 Å². The van der Waals surface area contributed by atoms with Gasteiger partial charge in [0.2, 0.25) is 0 Å². The van der Waals surface area contributed by atoms with Crippen molar-refractivity contribution in [2.75, 3.05) is 6.61 Å². The molecule has 0 bridgehead atoms. The highest BCUT2D eigenvalue weighted by Crippen LogP contribution is 2.17. The molecule has 1 atom stereocenters. The van der Waals surface area contributed by atoms with Gasteiger partial charge >= 0.3 is 0 Å². The Balaban J connectivity index is 1.64. The van der Waals surface area contributed by atoms with Crippen molar-refractivity contribution < 1.29 is 9.53 Å². The summed E-state index contributed by atoms with van der Waals surface area (Å²) in [5, 5.41) is 0. The minimum absolute atomic E-state index is 0.279. The molecule has 1 saturated heterocycles. The lowest BCUT2D eigenvalue weighted by Gasteiger charge is -2.07. The first-order chi connectivity index (χ1) is 8.34. The van der Waals surface area contributed by atoms with E-state index in [1.165, 1.54) is 6.42 Å². The molecule has 1 aliphatic rings. The van der Waals surface area contributed by atoms with E-state index >= 15 is 0 Å². The second kappa shape index (κ2) is 6.50. The fraction of sp³-hybridized carbons (Fsp3) is 0.571. The predicted molar refractivity (Wildman–Crippen MR) is 65.8 cm³/mol. The first kappa shape index (κ1) is 12.2. The summed E-state index contributed by atoms with van der Waals surface area (Å²) >= 11 is 0. The third-order valence-corrected chi connectivity index (χ3v) is 3.11. The van der Waals surface area contributed by atoms with Crippen LogP contribution in [0.4, 0.5) is 0 Å². The molecule has 0 saturated carbocycles. The van der Waals surface area contributed by atoms with Crippen LogP contribution in [0.2, 0.25) is 0 Å².